The molecular formula is C27H39NO7. The van der Waals surface area contributed by atoms with Gasteiger partial charge in [-0.2, -0.15) is 0 Å². The van der Waals surface area contributed by atoms with Crippen molar-refractivity contribution in [1.29, 1.82) is 0 Å². The Labute approximate surface area is 207 Å². The van der Waals surface area contributed by atoms with E-state index in [0.717, 1.165) is 25.9 Å². The van der Waals surface area contributed by atoms with Gasteiger partial charge in [-0.3, -0.25) is 9.69 Å². The Morgan fingerprint density at radius 3 is 2.63 bits per heavy atom. The second-order valence-corrected chi connectivity index (χ2v) is 12.3. The quantitative estimate of drug-likeness (QED) is 0.429. The summed E-state index contributed by atoms with van der Waals surface area (Å²) in [4.78, 5) is 15.3. The van der Waals surface area contributed by atoms with Crippen LogP contribution in [0.1, 0.15) is 33.6 Å². The maximum atomic E-state index is 12.7. The van der Waals surface area contributed by atoms with Crippen LogP contribution in [0.4, 0.5) is 0 Å². The van der Waals surface area contributed by atoms with Crippen LogP contribution in [0, 0.1) is 34.5 Å². The van der Waals surface area contributed by atoms with Crippen molar-refractivity contribution < 1.29 is 33.2 Å². The number of methoxy groups -OCH3 is 3. The Balaban J connectivity index is 1.58. The molecule has 0 aromatic heterocycles. The van der Waals surface area contributed by atoms with Gasteiger partial charge in [0.15, 0.2) is 5.60 Å². The molecule has 0 aromatic carbocycles. The summed E-state index contributed by atoms with van der Waals surface area (Å²) in [5.74, 6) is 0.478. The highest BCUT2D eigenvalue weighted by molar-refractivity contribution is 5.67. The van der Waals surface area contributed by atoms with Gasteiger partial charge in [0.05, 0.1) is 24.4 Å². The Kier molecular flexibility index (Phi) is 4.68. The van der Waals surface area contributed by atoms with E-state index in [1.807, 2.05) is 14.2 Å². The van der Waals surface area contributed by atoms with Gasteiger partial charge in [0, 0.05) is 69.8 Å². The first kappa shape index (κ1) is 23.1. The largest absolute Gasteiger partial charge is 0.459 e. The molecule has 7 bridgehead atoms. The highest BCUT2D eigenvalue weighted by atomic mass is 16.7. The number of esters is 1. The molecule has 0 radical (unpaired) electrons. The second-order valence-electron chi connectivity index (χ2n) is 12.3. The molecule has 7 aliphatic rings. The normalized spacial score (nSPS) is 59.0. The van der Waals surface area contributed by atoms with Crippen LogP contribution in [-0.2, 0) is 33.2 Å². The molecule has 194 valence electrons. The van der Waals surface area contributed by atoms with Crippen LogP contribution < -0.4 is 0 Å². The first-order valence-corrected chi connectivity index (χ1v) is 13.3. The van der Waals surface area contributed by atoms with E-state index in [9.17, 15) is 4.79 Å². The van der Waals surface area contributed by atoms with Gasteiger partial charge in [0.1, 0.15) is 18.5 Å². The number of ether oxygens (including phenoxy) is 6. The molecule has 2 aliphatic heterocycles. The molecule has 2 saturated heterocycles. The van der Waals surface area contributed by atoms with E-state index < -0.39 is 17.3 Å². The van der Waals surface area contributed by atoms with E-state index in [-0.39, 0.29) is 65.7 Å². The number of nitrogens with zero attached hydrogens (tertiary/aromatic N) is 1. The fourth-order valence-corrected chi connectivity index (χ4v) is 11.2. The predicted molar refractivity (Wildman–Crippen MR) is 124 cm³/mol. The first-order valence-electron chi connectivity index (χ1n) is 13.3. The van der Waals surface area contributed by atoms with Gasteiger partial charge in [-0.25, -0.2) is 0 Å². The maximum Gasteiger partial charge on any atom is 0.303 e. The Bertz CT molecular complexity index is 973. The zero-order valence-electron chi connectivity index (χ0n) is 21.7. The summed E-state index contributed by atoms with van der Waals surface area (Å²) in [5.41, 5.74) is -1.94. The lowest BCUT2D eigenvalue weighted by Crippen LogP contribution is -2.80. The summed E-state index contributed by atoms with van der Waals surface area (Å²) in [7, 11) is 5.45. The summed E-state index contributed by atoms with van der Waals surface area (Å²) in [6.07, 6.45) is 5.79. The summed E-state index contributed by atoms with van der Waals surface area (Å²) in [6, 6.07) is 0.00735. The minimum absolute atomic E-state index is 0.00139. The lowest BCUT2D eigenvalue weighted by atomic mass is 9.44. The second kappa shape index (κ2) is 7.08. The minimum atomic E-state index is -0.816. The number of hydrogen-bond acceptors (Lipinski definition) is 8. The van der Waals surface area contributed by atoms with Crippen molar-refractivity contribution in [2.45, 2.75) is 75.3 Å². The standard InChI is InChI=1S/C27H39NO7/c1-7-28-12-24(3)9-8-18(31-5)26-16-10-15-17(30-4)11-25(19(16)20(15)32-6)27(23(26)28,34-13-33-25)22(21(24)26)35-14(2)29/h8-9,15-23H,7,10-13H2,1-6H3/t15-,16-,17+,18+,19-,20+,21-,22+,23+,24+,25-,26+,27+/m1/s1. The van der Waals surface area contributed by atoms with Crippen molar-refractivity contribution in [3.63, 3.8) is 0 Å². The summed E-state index contributed by atoms with van der Waals surface area (Å²) in [6.45, 7) is 8.07. The molecule has 0 aromatic rings. The molecule has 7 rings (SSSR count). The van der Waals surface area contributed by atoms with Crippen molar-refractivity contribution in [1.82, 2.24) is 4.90 Å². The van der Waals surface area contributed by atoms with Gasteiger partial charge in [0.2, 0.25) is 0 Å². The van der Waals surface area contributed by atoms with Gasteiger partial charge in [-0.15, -0.1) is 0 Å². The number of hydrogen-bond donors (Lipinski definition) is 0. The molecule has 5 aliphatic carbocycles. The highest BCUT2D eigenvalue weighted by Crippen LogP contribution is 2.82. The van der Waals surface area contributed by atoms with Crippen LogP contribution in [0.15, 0.2) is 12.2 Å². The summed E-state index contributed by atoms with van der Waals surface area (Å²) < 4.78 is 39.0. The number of carbonyl (C=O) groups is 1. The third kappa shape index (κ3) is 2.20. The van der Waals surface area contributed by atoms with Gasteiger partial charge in [-0.05, 0) is 18.9 Å². The molecule has 3 spiro atoms. The molecular weight excluding hydrogens is 450 g/mol. The Morgan fingerprint density at radius 2 is 1.97 bits per heavy atom. The van der Waals surface area contributed by atoms with E-state index in [1.54, 1.807) is 7.11 Å². The van der Waals surface area contributed by atoms with Gasteiger partial charge in [-0.1, -0.05) is 26.0 Å². The molecule has 0 amide bonds. The van der Waals surface area contributed by atoms with Crippen molar-refractivity contribution >= 4 is 5.97 Å². The van der Waals surface area contributed by atoms with E-state index in [0.29, 0.717) is 5.92 Å². The number of carbonyl (C=O) groups excluding carboxylic acids is 1. The van der Waals surface area contributed by atoms with Gasteiger partial charge >= 0.3 is 5.97 Å². The number of rotatable bonds is 5. The molecule has 13 atom stereocenters. The van der Waals surface area contributed by atoms with Crippen molar-refractivity contribution in [2.24, 2.45) is 34.5 Å². The lowest BCUT2D eigenvalue weighted by molar-refractivity contribution is -0.269. The fourth-order valence-electron chi connectivity index (χ4n) is 11.2. The SMILES string of the molecule is CCN1C[C@]2(C)C=C[C@H](OC)[C@@]34[C@@H]5C[C@H]6[C@H](OC)[C@@H]5[C@@]5(C[C@@H]6OC)OCO[C@@]5([C@@H](OC(C)=O)[C@@H]32)[C@@H]14. The Morgan fingerprint density at radius 1 is 1.17 bits per heavy atom. The predicted octanol–water partition coefficient (Wildman–Crippen LogP) is 2.01. The third-order valence-electron chi connectivity index (χ3n) is 11.6. The van der Waals surface area contributed by atoms with Crippen LogP contribution >= 0.6 is 0 Å². The van der Waals surface area contributed by atoms with E-state index in [1.165, 1.54) is 6.92 Å². The van der Waals surface area contributed by atoms with Crippen LogP contribution in [-0.4, -0.2) is 93.7 Å². The van der Waals surface area contributed by atoms with Crippen molar-refractivity contribution in [3.05, 3.63) is 12.2 Å². The topological polar surface area (TPSA) is 75.7 Å². The Hall–Kier alpha value is -1.03. The first-order chi connectivity index (χ1) is 16.8. The van der Waals surface area contributed by atoms with E-state index in [4.69, 9.17) is 28.4 Å². The molecule has 6 fully saturated rings. The van der Waals surface area contributed by atoms with Crippen LogP contribution in [0.25, 0.3) is 0 Å². The fraction of sp³-hybridized carbons (Fsp3) is 0.889. The van der Waals surface area contributed by atoms with Crippen LogP contribution in [0.2, 0.25) is 0 Å². The molecule has 0 unspecified atom stereocenters. The van der Waals surface area contributed by atoms with Crippen LogP contribution in [0.5, 0.6) is 0 Å². The highest BCUT2D eigenvalue weighted by Gasteiger charge is 2.93. The molecule has 8 heteroatoms. The third-order valence-corrected chi connectivity index (χ3v) is 11.6. The summed E-state index contributed by atoms with van der Waals surface area (Å²) in [5, 5.41) is 0. The average Bonchev–Trinajstić information content (AvgIpc) is 3.41. The maximum absolute atomic E-state index is 12.7. The van der Waals surface area contributed by atoms with Crippen LogP contribution in [0.3, 0.4) is 0 Å². The zero-order chi connectivity index (χ0) is 24.5. The smallest absolute Gasteiger partial charge is 0.303 e. The molecule has 2 heterocycles. The summed E-state index contributed by atoms with van der Waals surface area (Å²) >= 11 is 0. The number of fused-ring (bicyclic) bond motifs is 1. The number of likely N-dealkylation sites (tertiary alicyclic amines) is 1. The van der Waals surface area contributed by atoms with E-state index >= 15 is 0 Å². The lowest BCUT2D eigenvalue weighted by Gasteiger charge is -2.68. The monoisotopic (exact) mass is 489 g/mol. The average molecular weight is 490 g/mol. The molecule has 8 nitrogen and oxygen atoms in total. The van der Waals surface area contributed by atoms with Crippen molar-refractivity contribution in [3.8, 4) is 0 Å². The molecule has 0 N–H and O–H groups in total. The minimum Gasteiger partial charge on any atom is -0.459 e. The van der Waals surface area contributed by atoms with Crippen molar-refractivity contribution in [2.75, 3.05) is 41.2 Å². The molecule has 35 heavy (non-hydrogen) atoms. The van der Waals surface area contributed by atoms with E-state index in [2.05, 4.69) is 30.9 Å². The van der Waals surface area contributed by atoms with Gasteiger partial charge in [0.25, 0.3) is 0 Å². The number of likely N-dealkylation sites (N-methyl/N-ethyl adjacent to an activating group) is 1. The number of piperidine rings is 1. The molecule has 4 saturated carbocycles. The zero-order valence-corrected chi connectivity index (χ0v) is 21.7. The van der Waals surface area contributed by atoms with Gasteiger partial charge < -0.3 is 28.4 Å².